The summed E-state index contributed by atoms with van der Waals surface area (Å²) in [6.45, 7) is 7.36. The highest BCUT2D eigenvalue weighted by Crippen LogP contribution is 2.40. The van der Waals surface area contributed by atoms with E-state index in [4.69, 9.17) is 14.5 Å². The van der Waals surface area contributed by atoms with E-state index in [1.807, 2.05) is 33.0 Å². The molecule has 1 aromatic carbocycles. The number of carbonyl (C=O) groups is 1. The summed E-state index contributed by atoms with van der Waals surface area (Å²) in [6, 6.07) is 10.5. The second-order valence-electron chi connectivity index (χ2n) is 9.42. The summed E-state index contributed by atoms with van der Waals surface area (Å²) >= 11 is 0. The summed E-state index contributed by atoms with van der Waals surface area (Å²) in [5.74, 6) is 0.245. The first-order chi connectivity index (χ1) is 14.9. The van der Waals surface area contributed by atoms with Gasteiger partial charge in [0.2, 0.25) is 0 Å². The third-order valence-corrected chi connectivity index (χ3v) is 5.67. The van der Waals surface area contributed by atoms with E-state index in [0.717, 1.165) is 30.8 Å². The molecule has 0 amide bonds. The fourth-order valence-electron chi connectivity index (χ4n) is 4.00. The molecule has 3 aromatic rings. The second kappa shape index (κ2) is 8.83. The van der Waals surface area contributed by atoms with Gasteiger partial charge in [0, 0.05) is 50.0 Å². The SMILES string of the molecule is COCCCn1ccc2c(Cc3ncc(C4CC4)cc3C(=O)OC(C)(C)C)cccc21. The van der Waals surface area contributed by atoms with Crippen LogP contribution in [0.3, 0.4) is 0 Å². The Balaban J connectivity index is 1.65. The van der Waals surface area contributed by atoms with Crippen LogP contribution in [0.15, 0.2) is 42.7 Å². The highest BCUT2D eigenvalue weighted by molar-refractivity contribution is 5.92. The Kier molecular flexibility index (Phi) is 6.15. The lowest BCUT2D eigenvalue weighted by atomic mass is 10.00. The van der Waals surface area contributed by atoms with Crippen LogP contribution in [0.4, 0.5) is 0 Å². The Morgan fingerprint density at radius 3 is 2.74 bits per heavy atom. The Hall–Kier alpha value is -2.66. The average Bonchev–Trinajstić information content (AvgIpc) is 3.48. The molecule has 0 bridgehead atoms. The van der Waals surface area contributed by atoms with Crippen LogP contribution in [-0.4, -0.2) is 34.8 Å². The number of carbonyl (C=O) groups excluding carboxylic acids is 1. The van der Waals surface area contributed by atoms with Crippen LogP contribution < -0.4 is 0 Å². The lowest BCUT2D eigenvalue weighted by Gasteiger charge is -2.21. The molecule has 1 aliphatic rings. The molecule has 5 nitrogen and oxygen atoms in total. The van der Waals surface area contributed by atoms with Crippen molar-refractivity contribution >= 4 is 16.9 Å². The zero-order valence-electron chi connectivity index (χ0n) is 19.0. The number of methoxy groups -OCH3 is 1. The summed E-state index contributed by atoms with van der Waals surface area (Å²) in [6.07, 6.45) is 7.98. The molecule has 1 fully saturated rings. The molecule has 2 aromatic heterocycles. The molecule has 0 saturated heterocycles. The van der Waals surface area contributed by atoms with Gasteiger partial charge >= 0.3 is 5.97 Å². The number of aromatic nitrogens is 2. The fourth-order valence-corrected chi connectivity index (χ4v) is 4.00. The Labute approximate surface area is 184 Å². The topological polar surface area (TPSA) is 53.4 Å². The van der Waals surface area contributed by atoms with Crippen molar-refractivity contribution in [2.45, 2.75) is 64.5 Å². The van der Waals surface area contributed by atoms with E-state index < -0.39 is 5.60 Å². The molecule has 0 atom stereocenters. The van der Waals surface area contributed by atoms with Gasteiger partial charge in [-0.2, -0.15) is 0 Å². The number of fused-ring (bicyclic) bond motifs is 1. The summed E-state index contributed by atoms with van der Waals surface area (Å²) < 4.78 is 13.2. The number of pyridine rings is 1. The van der Waals surface area contributed by atoms with Crippen LogP contribution in [0, 0.1) is 0 Å². The summed E-state index contributed by atoms with van der Waals surface area (Å²) in [4.78, 5) is 17.7. The monoisotopic (exact) mass is 420 g/mol. The highest BCUT2D eigenvalue weighted by Gasteiger charge is 2.27. The van der Waals surface area contributed by atoms with Crippen molar-refractivity contribution in [2.24, 2.45) is 0 Å². The maximum Gasteiger partial charge on any atom is 0.340 e. The van der Waals surface area contributed by atoms with Gasteiger partial charge in [-0.25, -0.2) is 4.79 Å². The van der Waals surface area contributed by atoms with E-state index in [-0.39, 0.29) is 5.97 Å². The standard InChI is InChI=1S/C26H32N2O3/c1-26(2,3)31-25(29)22-15-20(18-9-10-18)17-27-23(22)16-19-7-5-8-24-21(19)11-13-28(24)12-6-14-30-4/h5,7-8,11,13,15,17-18H,6,9-10,12,14,16H2,1-4H3. The number of rotatable bonds is 8. The zero-order chi connectivity index (χ0) is 22.0. The predicted molar refractivity (Wildman–Crippen MR) is 123 cm³/mol. The number of nitrogens with zero attached hydrogens (tertiary/aromatic N) is 2. The van der Waals surface area contributed by atoms with E-state index in [1.165, 1.54) is 29.3 Å². The third-order valence-electron chi connectivity index (χ3n) is 5.67. The minimum absolute atomic E-state index is 0.290. The van der Waals surface area contributed by atoms with Crippen LogP contribution in [-0.2, 0) is 22.4 Å². The van der Waals surface area contributed by atoms with Gasteiger partial charge < -0.3 is 14.0 Å². The summed E-state index contributed by atoms with van der Waals surface area (Å²) in [5.41, 5.74) is 4.34. The average molecular weight is 421 g/mol. The van der Waals surface area contributed by atoms with Crippen molar-refractivity contribution in [3.63, 3.8) is 0 Å². The molecule has 31 heavy (non-hydrogen) atoms. The number of hydrogen-bond acceptors (Lipinski definition) is 4. The van der Waals surface area contributed by atoms with Gasteiger partial charge in [0.25, 0.3) is 0 Å². The van der Waals surface area contributed by atoms with Gasteiger partial charge in [0.15, 0.2) is 0 Å². The van der Waals surface area contributed by atoms with Gasteiger partial charge in [-0.05, 0) is 75.3 Å². The van der Waals surface area contributed by atoms with Gasteiger partial charge in [-0.15, -0.1) is 0 Å². The van der Waals surface area contributed by atoms with Crippen LogP contribution >= 0.6 is 0 Å². The van der Waals surface area contributed by atoms with Gasteiger partial charge in [-0.1, -0.05) is 12.1 Å². The molecule has 0 unspecified atom stereocenters. The molecule has 0 radical (unpaired) electrons. The lowest BCUT2D eigenvalue weighted by molar-refractivity contribution is 0.00678. The smallest absolute Gasteiger partial charge is 0.340 e. The number of ether oxygens (including phenoxy) is 2. The number of hydrogen-bond donors (Lipinski definition) is 0. The quantitative estimate of drug-likeness (QED) is 0.357. The molecule has 5 heteroatoms. The molecule has 1 aliphatic carbocycles. The van der Waals surface area contributed by atoms with Crippen molar-refractivity contribution in [3.05, 3.63) is 65.1 Å². The Bertz CT molecular complexity index is 1070. The predicted octanol–water partition coefficient (Wildman–Crippen LogP) is 5.50. The molecule has 4 rings (SSSR count). The maximum atomic E-state index is 13.0. The molecule has 1 saturated carbocycles. The minimum atomic E-state index is -0.538. The molecule has 0 N–H and O–H groups in total. The largest absolute Gasteiger partial charge is 0.456 e. The second-order valence-corrected chi connectivity index (χ2v) is 9.42. The van der Waals surface area contributed by atoms with Gasteiger partial charge in [0.05, 0.1) is 11.3 Å². The third kappa shape index (κ3) is 5.16. The number of esters is 1. The van der Waals surface area contributed by atoms with Crippen molar-refractivity contribution < 1.29 is 14.3 Å². The van der Waals surface area contributed by atoms with Crippen LogP contribution in [0.1, 0.15) is 73.1 Å². The normalized spacial score (nSPS) is 14.2. The summed E-state index contributed by atoms with van der Waals surface area (Å²) in [7, 11) is 1.73. The van der Waals surface area contributed by atoms with Crippen LogP contribution in [0.5, 0.6) is 0 Å². The van der Waals surface area contributed by atoms with E-state index in [9.17, 15) is 4.79 Å². The molecule has 0 aliphatic heterocycles. The molecule has 164 valence electrons. The van der Waals surface area contributed by atoms with Crippen molar-refractivity contribution in [3.8, 4) is 0 Å². The number of aryl methyl sites for hydroxylation is 1. The van der Waals surface area contributed by atoms with E-state index in [0.29, 0.717) is 17.9 Å². The molecular weight excluding hydrogens is 388 g/mol. The molecule has 0 spiro atoms. The van der Waals surface area contributed by atoms with Gasteiger partial charge in [0.1, 0.15) is 5.60 Å². The first-order valence-electron chi connectivity index (χ1n) is 11.1. The molecule has 2 heterocycles. The minimum Gasteiger partial charge on any atom is -0.456 e. The fraction of sp³-hybridized carbons (Fsp3) is 0.462. The Morgan fingerprint density at radius 2 is 2.03 bits per heavy atom. The van der Waals surface area contributed by atoms with Crippen molar-refractivity contribution in [1.29, 1.82) is 0 Å². The Morgan fingerprint density at radius 1 is 1.23 bits per heavy atom. The maximum absolute atomic E-state index is 13.0. The van der Waals surface area contributed by atoms with Gasteiger partial charge in [-0.3, -0.25) is 4.98 Å². The number of benzene rings is 1. The molecular formula is C26H32N2O3. The summed E-state index contributed by atoms with van der Waals surface area (Å²) in [5, 5.41) is 1.20. The highest BCUT2D eigenvalue weighted by atomic mass is 16.6. The first-order valence-corrected chi connectivity index (χ1v) is 11.1. The zero-order valence-corrected chi connectivity index (χ0v) is 19.0. The van der Waals surface area contributed by atoms with Crippen LogP contribution in [0.2, 0.25) is 0 Å². The van der Waals surface area contributed by atoms with Crippen molar-refractivity contribution in [2.75, 3.05) is 13.7 Å². The van der Waals surface area contributed by atoms with Crippen LogP contribution in [0.25, 0.3) is 10.9 Å². The van der Waals surface area contributed by atoms with E-state index >= 15 is 0 Å². The van der Waals surface area contributed by atoms with Crippen molar-refractivity contribution in [1.82, 2.24) is 9.55 Å². The first kappa shape index (κ1) is 21.6. The lowest BCUT2D eigenvalue weighted by Crippen LogP contribution is -2.25. The van der Waals surface area contributed by atoms with E-state index in [1.54, 1.807) is 7.11 Å². The van der Waals surface area contributed by atoms with E-state index in [2.05, 4.69) is 35.0 Å².